The lowest BCUT2D eigenvalue weighted by atomic mass is 10.1. The van der Waals surface area contributed by atoms with E-state index in [4.69, 9.17) is 10.5 Å². The molecule has 14 heteroatoms. The first-order valence-electron chi connectivity index (χ1n) is 12.7. The number of nitrogens with one attached hydrogen (secondary N) is 4. The Morgan fingerprint density at radius 1 is 0.975 bits per heavy atom. The summed E-state index contributed by atoms with van der Waals surface area (Å²) in [5, 5.41) is 10.2. The molecular weight excluding hydrogens is 524 g/mol. The minimum absolute atomic E-state index is 0.0948. The second-order valence-corrected chi connectivity index (χ2v) is 8.90. The van der Waals surface area contributed by atoms with Crippen molar-refractivity contribution in [3.05, 3.63) is 42.0 Å². The van der Waals surface area contributed by atoms with E-state index in [1.807, 2.05) is 0 Å². The number of carbonyl (C=O) groups is 7. The van der Waals surface area contributed by atoms with Gasteiger partial charge in [0.05, 0.1) is 0 Å². The maximum Gasteiger partial charge on any atom is 0.312 e. The van der Waals surface area contributed by atoms with E-state index in [0.29, 0.717) is 12.1 Å². The Labute approximate surface area is 231 Å². The summed E-state index contributed by atoms with van der Waals surface area (Å²) in [7, 11) is 0. The number of rotatable bonds is 15. The number of urea groups is 1. The minimum Gasteiger partial charge on any atom is -0.461 e. The summed E-state index contributed by atoms with van der Waals surface area (Å²) in [5.41, 5.74) is 6.23. The second-order valence-electron chi connectivity index (χ2n) is 8.90. The highest BCUT2D eigenvalue weighted by Crippen LogP contribution is 2.12. The van der Waals surface area contributed by atoms with E-state index in [-0.39, 0.29) is 44.9 Å². The lowest BCUT2D eigenvalue weighted by molar-refractivity contribution is -0.144. The van der Waals surface area contributed by atoms with Crippen LogP contribution in [0.1, 0.15) is 45.1 Å². The van der Waals surface area contributed by atoms with Crippen LogP contribution in [0.4, 0.5) is 10.5 Å². The van der Waals surface area contributed by atoms with E-state index < -0.39 is 47.7 Å². The van der Waals surface area contributed by atoms with Crippen LogP contribution in [0.25, 0.3) is 0 Å². The Kier molecular flexibility index (Phi) is 12.3. The molecule has 1 aliphatic heterocycles. The van der Waals surface area contributed by atoms with Crippen molar-refractivity contribution in [3.63, 3.8) is 0 Å². The second kappa shape index (κ2) is 15.6. The van der Waals surface area contributed by atoms with Crippen molar-refractivity contribution in [2.75, 3.05) is 18.4 Å². The van der Waals surface area contributed by atoms with Gasteiger partial charge < -0.3 is 31.7 Å². The van der Waals surface area contributed by atoms with Crippen molar-refractivity contribution in [2.24, 2.45) is 5.73 Å². The van der Waals surface area contributed by atoms with Gasteiger partial charge in [0.15, 0.2) is 0 Å². The van der Waals surface area contributed by atoms with Gasteiger partial charge in [-0.3, -0.25) is 33.7 Å². The zero-order valence-electron chi connectivity index (χ0n) is 22.4. The molecule has 0 saturated carbocycles. The van der Waals surface area contributed by atoms with Crippen molar-refractivity contribution < 1.29 is 38.3 Å². The van der Waals surface area contributed by atoms with Crippen LogP contribution in [0.15, 0.2) is 36.4 Å². The summed E-state index contributed by atoms with van der Waals surface area (Å²) in [6, 6.07) is 3.83. The zero-order chi connectivity index (χ0) is 29.7. The molecule has 0 spiro atoms. The van der Waals surface area contributed by atoms with Crippen molar-refractivity contribution in [2.45, 2.75) is 58.2 Å². The number of amides is 7. The van der Waals surface area contributed by atoms with Crippen LogP contribution in [0.5, 0.6) is 0 Å². The number of nitrogens with zero attached hydrogens (tertiary/aromatic N) is 1. The molecule has 0 fully saturated rings. The standard InChI is InChI=1S/C26H34N6O8/c1-3-23(36)40-15-17-6-8-18(9-7-17)30-25(38)19(5-4-13-28-26(27)39)31-24(37)16(2)29-20(33)12-14-32-21(34)10-11-22(32)35/h6-11,16,19H,3-5,12-15H2,1-2H3,(H,29,33)(H,30,38)(H,31,37)(H3,27,28,39)/t16-,19-/m0/s1. The third-order valence-corrected chi connectivity index (χ3v) is 5.75. The number of carbonyl (C=O) groups excluding carboxylic acids is 7. The normalized spacial score (nSPS) is 13.8. The van der Waals surface area contributed by atoms with Gasteiger partial charge in [-0.25, -0.2) is 4.79 Å². The Bertz CT molecular complexity index is 1130. The number of hydrogen-bond acceptors (Lipinski definition) is 8. The molecule has 216 valence electrons. The molecule has 0 saturated heterocycles. The van der Waals surface area contributed by atoms with Crippen molar-refractivity contribution >= 4 is 47.2 Å². The molecule has 0 aromatic heterocycles. The summed E-state index contributed by atoms with van der Waals surface area (Å²) in [5.74, 6) is -3.10. The SMILES string of the molecule is CCC(=O)OCc1ccc(NC(=O)[C@H](CCCNC(N)=O)NC(=O)[C@H](C)NC(=O)CCN2C(=O)C=CC2=O)cc1. The molecular formula is C26H34N6O8. The highest BCUT2D eigenvalue weighted by atomic mass is 16.5. The van der Waals surface area contributed by atoms with Gasteiger partial charge in [-0.1, -0.05) is 19.1 Å². The fourth-order valence-corrected chi connectivity index (χ4v) is 3.51. The van der Waals surface area contributed by atoms with Gasteiger partial charge >= 0.3 is 12.0 Å². The molecule has 0 bridgehead atoms. The Morgan fingerprint density at radius 2 is 1.62 bits per heavy atom. The lowest BCUT2D eigenvalue weighted by Gasteiger charge is -2.22. The van der Waals surface area contributed by atoms with E-state index >= 15 is 0 Å². The maximum absolute atomic E-state index is 13.0. The van der Waals surface area contributed by atoms with Gasteiger partial charge in [-0.2, -0.15) is 0 Å². The topological polar surface area (TPSA) is 206 Å². The van der Waals surface area contributed by atoms with Crippen molar-refractivity contribution in [3.8, 4) is 0 Å². The summed E-state index contributed by atoms with van der Waals surface area (Å²) < 4.78 is 5.07. The number of esters is 1. The maximum atomic E-state index is 13.0. The molecule has 14 nitrogen and oxygen atoms in total. The van der Waals surface area contributed by atoms with Crippen molar-refractivity contribution in [1.82, 2.24) is 20.9 Å². The molecule has 1 heterocycles. The number of ether oxygens (including phenoxy) is 1. The molecule has 0 aliphatic carbocycles. The minimum atomic E-state index is -1.03. The first kappa shape index (κ1) is 31.5. The highest BCUT2D eigenvalue weighted by Gasteiger charge is 2.26. The van der Waals surface area contributed by atoms with Crippen LogP contribution in [0.2, 0.25) is 0 Å². The van der Waals surface area contributed by atoms with Crippen LogP contribution in [-0.2, 0) is 40.1 Å². The molecule has 40 heavy (non-hydrogen) atoms. The quantitative estimate of drug-likeness (QED) is 0.111. The van der Waals surface area contributed by atoms with E-state index in [0.717, 1.165) is 22.6 Å². The summed E-state index contributed by atoms with van der Waals surface area (Å²) in [6.45, 7) is 3.25. The fourth-order valence-electron chi connectivity index (χ4n) is 3.51. The average molecular weight is 559 g/mol. The number of imide groups is 1. The first-order chi connectivity index (χ1) is 19.0. The average Bonchev–Trinajstić information content (AvgIpc) is 3.24. The lowest BCUT2D eigenvalue weighted by Crippen LogP contribution is -2.52. The first-order valence-corrected chi connectivity index (χ1v) is 12.7. The van der Waals surface area contributed by atoms with Crippen LogP contribution in [-0.4, -0.2) is 71.6 Å². The third-order valence-electron chi connectivity index (χ3n) is 5.75. The molecule has 1 aromatic carbocycles. The van der Waals surface area contributed by atoms with E-state index in [1.165, 1.54) is 6.92 Å². The number of benzene rings is 1. The molecule has 0 radical (unpaired) electrons. The van der Waals surface area contributed by atoms with E-state index in [9.17, 15) is 33.6 Å². The third kappa shape index (κ3) is 10.6. The van der Waals surface area contributed by atoms with Gasteiger partial charge in [0.2, 0.25) is 17.7 Å². The van der Waals surface area contributed by atoms with E-state index in [2.05, 4.69) is 21.3 Å². The van der Waals surface area contributed by atoms with Gasteiger partial charge in [0, 0.05) is 43.8 Å². The van der Waals surface area contributed by atoms with Crippen molar-refractivity contribution in [1.29, 1.82) is 0 Å². The van der Waals surface area contributed by atoms with Crippen LogP contribution in [0.3, 0.4) is 0 Å². The fraction of sp³-hybridized carbons (Fsp3) is 0.423. The molecule has 6 N–H and O–H groups in total. The molecule has 2 rings (SSSR count). The van der Waals surface area contributed by atoms with E-state index in [1.54, 1.807) is 31.2 Å². The Balaban J connectivity index is 1.94. The summed E-state index contributed by atoms with van der Waals surface area (Å²) in [6.07, 6.45) is 2.74. The van der Waals surface area contributed by atoms with Gasteiger partial charge in [0.25, 0.3) is 11.8 Å². The largest absolute Gasteiger partial charge is 0.461 e. The zero-order valence-corrected chi connectivity index (χ0v) is 22.4. The molecule has 1 aromatic rings. The molecule has 7 amide bonds. The van der Waals surface area contributed by atoms with Gasteiger partial charge in [-0.15, -0.1) is 0 Å². The smallest absolute Gasteiger partial charge is 0.312 e. The summed E-state index contributed by atoms with van der Waals surface area (Å²) in [4.78, 5) is 84.5. The van der Waals surface area contributed by atoms with Gasteiger partial charge in [0.1, 0.15) is 18.7 Å². The van der Waals surface area contributed by atoms with Crippen LogP contribution < -0.4 is 27.0 Å². The monoisotopic (exact) mass is 558 g/mol. The van der Waals surface area contributed by atoms with Crippen LogP contribution >= 0.6 is 0 Å². The predicted molar refractivity (Wildman–Crippen MR) is 142 cm³/mol. The summed E-state index contributed by atoms with van der Waals surface area (Å²) >= 11 is 0. The Morgan fingerprint density at radius 3 is 2.23 bits per heavy atom. The predicted octanol–water partition coefficient (Wildman–Crippen LogP) is -0.169. The number of primary amides is 1. The number of nitrogens with two attached hydrogens (primary N) is 1. The molecule has 0 unspecified atom stereocenters. The number of hydrogen-bond donors (Lipinski definition) is 5. The van der Waals surface area contributed by atoms with Gasteiger partial charge in [-0.05, 0) is 37.5 Å². The van der Waals surface area contributed by atoms with Crippen LogP contribution in [0, 0.1) is 0 Å². The molecule has 2 atom stereocenters. The highest BCUT2D eigenvalue weighted by molar-refractivity contribution is 6.13. The molecule has 1 aliphatic rings. The number of anilines is 1. The Hall–Kier alpha value is -4.75.